The van der Waals surface area contributed by atoms with Gasteiger partial charge in [-0.1, -0.05) is 12.2 Å². The molecule has 0 bridgehead atoms. The first-order valence-corrected chi connectivity index (χ1v) is 5.17. The lowest BCUT2D eigenvalue weighted by Gasteiger charge is -2.13. The molecule has 0 spiro atoms. The minimum atomic E-state index is 0.0630. The van der Waals surface area contributed by atoms with Gasteiger partial charge in [0, 0.05) is 12.6 Å². The van der Waals surface area contributed by atoms with E-state index in [4.69, 9.17) is 27.4 Å². The molecule has 1 aliphatic heterocycles. The normalized spacial score (nSPS) is 20.1. The average Bonchev–Trinajstić information content (AvgIpc) is 2.71. The first kappa shape index (κ1) is 10.3. The third kappa shape index (κ3) is 2.43. The Morgan fingerprint density at radius 3 is 3.20 bits per heavy atom. The van der Waals surface area contributed by atoms with Gasteiger partial charge in [0.1, 0.15) is 11.1 Å². The number of ether oxygens (including phenoxy) is 2. The van der Waals surface area contributed by atoms with E-state index in [1.54, 1.807) is 18.3 Å². The molecule has 0 aromatic carbocycles. The Bertz CT molecular complexity index is 364. The third-order valence-corrected chi connectivity index (χ3v) is 2.42. The molecule has 1 fully saturated rings. The Morgan fingerprint density at radius 1 is 1.67 bits per heavy atom. The van der Waals surface area contributed by atoms with Gasteiger partial charge in [0.25, 0.3) is 0 Å². The number of thiocarbonyl (C=S) groups is 1. The summed E-state index contributed by atoms with van der Waals surface area (Å²) in [4.78, 5) is 4.42. The van der Waals surface area contributed by atoms with Gasteiger partial charge < -0.3 is 15.2 Å². The van der Waals surface area contributed by atoms with Crippen LogP contribution >= 0.6 is 12.2 Å². The summed E-state index contributed by atoms with van der Waals surface area (Å²) in [5, 5.41) is 0. The van der Waals surface area contributed by atoms with Crippen molar-refractivity contribution < 1.29 is 9.47 Å². The van der Waals surface area contributed by atoms with Gasteiger partial charge in [-0.05, 0) is 12.1 Å². The molecule has 0 saturated carbocycles. The highest BCUT2D eigenvalue weighted by atomic mass is 32.1. The van der Waals surface area contributed by atoms with E-state index in [1.807, 2.05) is 0 Å². The van der Waals surface area contributed by atoms with E-state index in [9.17, 15) is 0 Å². The number of aromatic nitrogens is 1. The fourth-order valence-corrected chi connectivity index (χ4v) is 1.59. The van der Waals surface area contributed by atoms with Gasteiger partial charge in [0.05, 0.1) is 18.8 Å². The van der Waals surface area contributed by atoms with E-state index in [0.29, 0.717) is 23.0 Å². The summed E-state index contributed by atoms with van der Waals surface area (Å²) >= 11 is 4.92. The van der Waals surface area contributed by atoms with Crippen LogP contribution in [0.4, 0.5) is 0 Å². The Morgan fingerprint density at radius 2 is 2.53 bits per heavy atom. The summed E-state index contributed by atoms with van der Waals surface area (Å²) < 4.78 is 10.9. The van der Waals surface area contributed by atoms with Crippen molar-refractivity contribution in [2.24, 2.45) is 5.73 Å². The molecular weight excluding hydrogens is 212 g/mol. The van der Waals surface area contributed by atoms with Crippen molar-refractivity contribution in [3.8, 4) is 5.88 Å². The molecule has 2 heterocycles. The smallest absolute Gasteiger partial charge is 0.224 e. The zero-order valence-corrected chi connectivity index (χ0v) is 9.00. The summed E-state index contributed by atoms with van der Waals surface area (Å²) in [6.07, 6.45) is 2.60. The lowest BCUT2D eigenvalue weighted by Crippen LogP contribution is -2.20. The fraction of sp³-hybridized carbons (Fsp3) is 0.400. The highest BCUT2D eigenvalue weighted by molar-refractivity contribution is 7.80. The van der Waals surface area contributed by atoms with E-state index in [-0.39, 0.29) is 6.10 Å². The highest BCUT2D eigenvalue weighted by Crippen LogP contribution is 2.18. The molecule has 2 rings (SSSR count). The van der Waals surface area contributed by atoms with Gasteiger partial charge in [-0.25, -0.2) is 4.98 Å². The van der Waals surface area contributed by atoms with Gasteiger partial charge in [-0.15, -0.1) is 0 Å². The van der Waals surface area contributed by atoms with Crippen molar-refractivity contribution in [3.05, 3.63) is 23.9 Å². The highest BCUT2D eigenvalue weighted by Gasteiger charge is 2.19. The number of nitrogens with two attached hydrogens (primary N) is 1. The number of hydrogen-bond acceptors (Lipinski definition) is 4. The first-order chi connectivity index (χ1) is 7.27. The van der Waals surface area contributed by atoms with Gasteiger partial charge >= 0.3 is 0 Å². The molecule has 1 aromatic rings. The zero-order chi connectivity index (χ0) is 10.7. The standard InChI is InChI=1S/C10H12N2O2S/c11-9(15)8-2-1-4-12-10(8)14-7-3-5-13-6-7/h1-2,4,7H,3,5-6H2,(H2,11,15). The van der Waals surface area contributed by atoms with Crippen LogP contribution in [0, 0.1) is 0 Å². The van der Waals surface area contributed by atoms with Crippen LogP contribution in [0.25, 0.3) is 0 Å². The van der Waals surface area contributed by atoms with E-state index in [1.165, 1.54) is 0 Å². The van der Waals surface area contributed by atoms with E-state index in [2.05, 4.69) is 4.98 Å². The molecule has 0 aliphatic carbocycles. The van der Waals surface area contributed by atoms with Crippen LogP contribution in [0.15, 0.2) is 18.3 Å². The lowest BCUT2D eigenvalue weighted by molar-refractivity contribution is 0.138. The van der Waals surface area contributed by atoms with E-state index < -0.39 is 0 Å². The van der Waals surface area contributed by atoms with Crippen molar-refractivity contribution in [1.82, 2.24) is 4.98 Å². The molecule has 5 heteroatoms. The van der Waals surface area contributed by atoms with Crippen molar-refractivity contribution in [2.75, 3.05) is 13.2 Å². The molecule has 0 radical (unpaired) electrons. The zero-order valence-electron chi connectivity index (χ0n) is 8.18. The van der Waals surface area contributed by atoms with Crippen LogP contribution in [0.1, 0.15) is 12.0 Å². The number of hydrogen-bond donors (Lipinski definition) is 1. The quantitative estimate of drug-likeness (QED) is 0.772. The minimum absolute atomic E-state index is 0.0630. The summed E-state index contributed by atoms with van der Waals surface area (Å²) in [6, 6.07) is 3.59. The topological polar surface area (TPSA) is 57.4 Å². The third-order valence-electron chi connectivity index (χ3n) is 2.20. The Kier molecular flexibility index (Phi) is 3.13. The second-order valence-corrected chi connectivity index (χ2v) is 3.76. The van der Waals surface area contributed by atoms with Crippen LogP contribution in [0.2, 0.25) is 0 Å². The largest absolute Gasteiger partial charge is 0.471 e. The maximum absolute atomic E-state index is 5.66. The summed E-state index contributed by atoms with van der Waals surface area (Å²) in [5.74, 6) is 0.500. The Hall–Kier alpha value is -1.20. The fourth-order valence-electron chi connectivity index (χ4n) is 1.44. The second kappa shape index (κ2) is 4.55. The van der Waals surface area contributed by atoms with Gasteiger partial charge in [-0.3, -0.25) is 0 Å². The summed E-state index contributed by atoms with van der Waals surface area (Å²) in [7, 11) is 0. The van der Waals surface area contributed by atoms with Crippen molar-refractivity contribution in [2.45, 2.75) is 12.5 Å². The number of rotatable bonds is 3. The molecule has 4 nitrogen and oxygen atoms in total. The molecule has 1 aliphatic rings. The maximum atomic E-state index is 5.66. The monoisotopic (exact) mass is 224 g/mol. The summed E-state index contributed by atoms with van der Waals surface area (Å²) in [6.45, 7) is 1.34. The Balaban J connectivity index is 2.15. The van der Waals surface area contributed by atoms with Crippen LogP contribution in [0.5, 0.6) is 5.88 Å². The maximum Gasteiger partial charge on any atom is 0.224 e. The van der Waals surface area contributed by atoms with Crippen LogP contribution in [0.3, 0.4) is 0 Å². The predicted molar refractivity (Wildman–Crippen MR) is 60.0 cm³/mol. The second-order valence-electron chi connectivity index (χ2n) is 3.32. The molecule has 80 valence electrons. The van der Waals surface area contributed by atoms with Crippen LogP contribution < -0.4 is 10.5 Å². The van der Waals surface area contributed by atoms with Gasteiger partial charge in [-0.2, -0.15) is 0 Å². The van der Waals surface area contributed by atoms with Gasteiger partial charge in [0.2, 0.25) is 5.88 Å². The van der Waals surface area contributed by atoms with Crippen LogP contribution in [-0.4, -0.2) is 29.3 Å². The van der Waals surface area contributed by atoms with Crippen LogP contribution in [-0.2, 0) is 4.74 Å². The average molecular weight is 224 g/mol. The molecule has 1 saturated heterocycles. The SMILES string of the molecule is NC(=S)c1cccnc1OC1CCOC1. The molecule has 1 unspecified atom stereocenters. The first-order valence-electron chi connectivity index (χ1n) is 4.76. The van der Waals surface area contributed by atoms with Crippen molar-refractivity contribution in [1.29, 1.82) is 0 Å². The molecule has 2 N–H and O–H groups in total. The Labute approximate surface area is 93.4 Å². The predicted octanol–water partition coefficient (Wildman–Crippen LogP) is 0.883. The van der Waals surface area contributed by atoms with Crippen molar-refractivity contribution in [3.63, 3.8) is 0 Å². The lowest BCUT2D eigenvalue weighted by atomic mass is 10.2. The molecule has 1 atom stereocenters. The molecule has 15 heavy (non-hydrogen) atoms. The van der Waals surface area contributed by atoms with E-state index >= 15 is 0 Å². The number of pyridine rings is 1. The number of nitrogens with zero attached hydrogens (tertiary/aromatic N) is 1. The molecule has 1 aromatic heterocycles. The minimum Gasteiger partial charge on any atom is -0.471 e. The van der Waals surface area contributed by atoms with Gasteiger partial charge in [0.15, 0.2) is 0 Å². The van der Waals surface area contributed by atoms with E-state index in [0.717, 1.165) is 13.0 Å². The summed E-state index contributed by atoms with van der Waals surface area (Å²) in [5.41, 5.74) is 6.25. The molecular formula is C10H12N2O2S. The van der Waals surface area contributed by atoms with Crippen molar-refractivity contribution >= 4 is 17.2 Å². The molecule has 0 amide bonds.